The first kappa shape index (κ1) is 22.0. The minimum Gasteiger partial charge on any atom is -0.475 e. The van der Waals surface area contributed by atoms with Crippen LogP contribution in [0.1, 0.15) is 5.82 Å². The van der Waals surface area contributed by atoms with E-state index in [9.17, 15) is 22.4 Å². The van der Waals surface area contributed by atoms with Crippen molar-refractivity contribution in [3.8, 4) is 0 Å². The van der Waals surface area contributed by atoms with Crippen molar-refractivity contribution in [2.24, 2.45) is 0 Å². The van der Waals surface area contributed by atoms with Gasteiger partial charge in [-0.25, -0.2) is 14.2 Å². The Kier molecular flexibility index (Phi) is 7.63. The number of fused-ring (bicyclic) bond motifs is 1. The van der Waals surface area contributed by atoms with Crippen LogP contribution in [-0.4, -0.2) is 69.2 Å². The van der Waals surface area contributed by atoms with Gasteiger partial charge in [0.25, 0.3) is 0 Å². The van der Waals surface area contributed by atoms with Crippen LogP contribution in [0.2, 0.25) is 0 Å². The van der Waals surface area contributed by atoms with Crippen molar-refractivity contribution >= 4 is 34.7 Å². The van der Waals surface area contributed by atoms with E-state index < -0.39 is 12.1 Å². The Bertz CT molecular complexity index is 822. The number of amides is 1. The fraction of sp³-hybridized carbons (Fsp3) is 0.438. The van der Waals surface area contributed by atoms with Gasteiger partial charge in [0.05, 0.1) is 11.0 Å². The predicted molar refractivity (Wildman–Crippen MR) is 93.3 cm³/mol. The zero-order valence-electron chi connectivity index (χ0n) is 14.5. The number of carbonyl (C=O) groups is 2. The zero-order valence-corrected chi connectivity index (χ0v) is 15.3. The van der Waals surface area contributed by atoms with Crippen LogP contribution in [0.15, 0.2) is 18.2 Å². The number of imidazole rings is 1. The summed E-state index contributed by atoms with van der Waals surface area (Å²) >= 11 is 1.86. The van der Waals surface area contributed by atoms with Crippen LogP contribution in [0, 0.1) is 5.82 Å². The third kappa shape index (κ3) is 6.68. The monoisotopic (exact) mass is 423 g/mol. The number of rotatable bonds is 4. The third-order valence-electron chi connectivity index (χ3n) is 3.56. The number of aliphatic carboxylic acids is 1. The summed E-state index contributed by atoms with van der Waals surface area (Å²) in [5.74, 6) is -0.485. The molecule has 1 amide bonds. The number of benzene rings is 1. The van der Waals surface area contributed by atoms with Crippen molar-refractivity contribution in [1.29, 1.82) is 0 Å². The van der Waals surface area contributed by atoms with Crippen LogP contribution in [0.5, 0.6) is 0 Å². The molecule has 1 aromatic carbocycles. The highest BCUT2D eigenvalue weighted by molar-refractivity contribution is 7.99. The molecule has 28 heavy (non-hydrogen) atoms. The van der Waals surface area contributed by atoms with E-state index in [1.54, 1.807) is 6.07 Å². The molecule has 0 aliphatic carbocycles. The standard InChI is InChI=1S/C14H16FN3O2S.C2HF3O2/c15-10-1-2-11-12(7-10)17-13(16-11)8-20-9-14(19)18-3-5-21-6-4-18;3-2(4,5)1(6)7/h1-2,7H,3-6,8-9H2,(H,16,17);(H,6,7). The molecule has 2 heterocycles. The normalized spacial score (nSPS) is 14.5. The first-order valence-corrected chi connectivity index (χ1v) is 9.20. The van der Waals surface area contributed by atoms with Crippen molar-refractivity contribution in [2.45, 2.75) is 12.8 Å². The van der Waals surface area contributed by atoms with E-state index >= 15 is 0 Å². The van der Waals surface area contributed by atoms with Crippen molar-refractivity contribution in [1.82, 2.24) is 14.9 Å². The van der Waals surface area contributed by atoms with E-state index in [-0.39, 0.29) is 24.9 Å². The van der Waals surface area contributed by atoms with E-state index in [1.807, 2.05) is 16.7 Å². The Balaban J connectivity index is 0.000000345. The van der Waals surface area contributed by atoms with E-state index in [4.69, 9.17) is 14.6 Å². The number of nitrogens with one attached hydrogen (secondary N) is 1. The largest absolute Gasteiger partial charge is 0.490 e. The topological polar surface area (TPSA) is 95.5 Å². The lowest BCUT2D eigenvalue weighted by Gasteiger charge is -2.26. The second kappa shape index (κ2) is 9.73. The molecule has 2 aromatic rings. The van der Waals surface area contributed by atoms with Gasteiger partial charge < -0.3 is 19.7 Å². The third-order valence-corrected chi connectivity index (χ3v) is 4.51. The number of aromatic amines is 1. The maximum absolute atomic E-state index is 13.1. The number of ether oxygens (including phenoxy) is 1. The molecule has 1 aliphatic rings. The Morgan fingerprint density at radius 3 is 2.54 bits per heavy atom. The maximum atomic E-state index is 13.1. The molecule has 12 heteroatoms. The number of carboxylic acid groups (broad SMARTS) is 1. The van der Waals surface area contributed by atoms with Crippen LogP contribution in [0.3, 0.4) is 0 Å². The summed E-state index contributed by atoms with van der Waals surface area (Å²) in [6.45, 7) is 1.84. The summed E-state index contributed by atoms with van der Waals surface area (Å²) in [5, 5.41) is 7.12. The Hall–Kier alpha value is -2.34. The van der Waals surface area contributed by atoms with Crippen LogP contribution in [0.25, 0.3) is 11.0 Å². The van der Waals surface area contributed by atoms with Gasteiger partial charge in [0.1, 0.15) is 24.9 Å². The predicted octanol–water partition coefficient (Wildman–Crippen LogP) is 2.43. The lowest BCUT2D eigenvalue weighted by molar-refractivity contribution is -0.192. The second-order valence-electron chi connectivity index (χ2n) is 5.63. The van der Waals surface area contributed by atoms with Gasteiger partial charge in [-0.05, 0) is 18.2 Å². The van der Waals surface area contributed by atoms with Gasteiger partial charge in [-0.3, -0.25) is 4.79 Å². The molecular weight excluding hydrogens is 406 g/mol. The van der Waals surface area contributed by atoms with Gasteiger partial charge in [-0.15, -0.1) is 0 Å². The number of halogens is 4. The molecule has 2 N–H and O–H groups in total. The van der Waals surface area contributed by atoms with Gasteiger partial charge in [-0.1, -0.05) is 0 Å². The van der Waals surface area contributed by atoms with Gasteiger partial charge in [0, 0.05) is 24.6 Å². The lowest BCUT2D eigenvalue weighted by atomic mass is 10.3. The molecule has 154 valence electrons. The fourth-order valence-corrected chi connectivity index (χ4v) is 3.15. The van der Waals surface area contributed by atoms with Crippen LogP contribution < -0.4 is 0 Å². The molecule has 1 aliphatic heterocycles. The lowest BCUT2D eigenvalue weighted by Crippen LogP contribution is -2.40. The number of aromatic nitrogens is 2. The molecule has 0 unspecified atom stereocenters. The van der Waals surface area contributed by atoms with Crippen molar-refractivity contribution in [2.75, 3.05) is 31.2 Å². The average Bonchev–Trinajstić information content (AvgIpc) is 3.04. The highest BCUT2D eigenvalue weighted by Gasteiger charge is 2.38. The van der Waals surface area contributed by atoms with Gasteiger partial charge in [0.2, 0.25) is 5.91 Å². The van der Waals surface area contributed by atoms with Crippen molar-refractivity contribution in [3.05, 3.63) is 29.8 Å². The summed E-state index contributed by atoms with van der Waals surface area (Å²) in [6, 6.07) is 4.37. The number of H-pyrrole nitrogens is 1. The Labute approximate surface area is 161 Å². The van der Waals surface area contributed by atoms with Crippen LogP contribution in [-0.2, 0) is 20.9 Å². The van der Waals surface area contributed by atoms with Crippen LogP contribution >= 0.6 is 11.8 Å². The van der Waals surface area contributed by atoms with Gasteiger partial charge >= 0.3 is 12.1 Å². The van der Waals surface area contributed by atoms with Gasteiger partial charge in [-0.2, -0.15) is 24.9 Å². The quantitative estimate of drug-likeness (QED) is 0.734. The highest BCUT2D eigenvalue weighted by atomic mass is 32.2. The first-order valence-electron chi connectivity index (χ1n) is 8.04. The number of nitrogens with zero attached hydrogens (tertiary/aromatic N) is 2. The smallest absolute Gasteiger partial charge is 0.475 e. The van der Waals surface area contributed by atoms with Crippen molar-refractivity contribution in [3.63, 3.8) is 0 Å². The number of hydrogen-bond acceptors (Lipinski definition) is 5. The molecule has 0 saturated carbocycles. The summed E-state index contributed by atoms with van der Waals surface area (Å²) in [7, 11) is 0. The molecule has 0 spiro atoms. The molecule has 1 fully saturated rings. The zero-order chi connectivity index (χ0) is 20.7. The van der Waals surface area contributed by atoms with E-state index in [1.165, 1.54) is 12.1 Å². The molecule has 3 rings (SSSR count). The summed E-state index contributed by atoms with van der Waals surface area (Å²) in [4.78, 5) is 29.9. The van der Waals surface area contributed by atoms with Crippen molar-refractivity contribution < 1.29 is 37.0 Å². The number of carboxylic acids is 1. The minimum absolute atomic E-state index is 0.0115. The van der Waals surface area contributed by atoms with Gasteiger partial charge in [0.15, 0.2) is 0 Å². The Morgan fingerprint density at radius 1 is 1.29 bits per heavy atom. The van der Waals surface area contributed by atoms with E-state index in [0.717, 1.165) is 24.6 Å². The first-order chi connectivity index (χ1) is 13.2. The number of hydrogen-bond donors (Lipinski definition) is 2. The van der Waals surface area contributed by atoms with Crippen LogP contribution in [0.4, 0.5) is 17.6 Å². The number of alkyl halides is 3. The number of thioether (sulfide) groups is 1. The molecule has 0 radical (unpaired) electrons. The molecule has 1 aromatic heterocycles. The fourth-order valence-electron chi connectivity index (χ4n) is 2.24. The molecule has 0 bridgehead atoms. The summed E-state index contributed by atoms with van der Waals surface area (Å²) in [6.07, 6.45) is -5.08. The second-order valence-corrected chi connectivity index (χ2v) is 6.86. The maximum Gasteiger partial charge on any atom is 0.490 e. The summed E-state index contributed by atoms with van der Waals surface area (Å²) in [5.41, 5.74) is 1.32. The molecule has 7 nitrogen and oxygen atoms in total. The average molecular weight is 423 g/mol. The summed E-state index contributed by atoms with van der Waals surface area (Å²) < 4.78 is 50.2. The van der Waals surface area contributed by atoms with E-state index in [2.05, 4.69) is 9.97 Å². The number of carbonyl (C=O) groups excluding carboxylic acids is 1. The molecule has 1 saturated heterocycles. The highest BCUT2D eigenvalue weighted by Crippen LogP contribution is 2.14. The van der Waals surface area contributed by atoms with E-state index in [0.29, 0.717) is 16.9 Å². The molecule has 0 atom stereocenters. The molecular formula is C16H17F4N3O4S. The Morgan fingerprint density at radius 2 is 1.93 bits per heavy atom. The SMILES string of the molecule is O=C(COCc1nc2ccc(F)cc2[nH]1)N1CCSCC1.O=C(O)C(F)(F)F. The minimum atomic E-state index is -5.08.